The summed E-state index contributed by atoms with van der Waals surface area (Å²) in [6, 6.07) is 3.80. The first-order chi connectivity index (χ1) is 11.5. The summed E-state index contributed by atoms with van der Waals surface area (Å²) in [7, 11) is 3.20. The summed E-state index contributed by atoms with van der Waals surface area (Å²) in [4.78, 5) is 25.5. The number of likely N-dealkylation sites (tertiary alicyclic amines) is 1. The molecule has 1 aliphatic rings. The van der Waals surface area contributed by atoms with Crippen LogP contribution in [0.2, 0.25) is 0 Å². The SMILES string of the molecule is COc1cc(C)c(CNC(=O)C2CCN(C(C)=O)CC2)cc1OC. The second-order valence-electron chi connectivity index (χ2n) is 6.13. The lowest BCUT2D eigenvalue weighted by Gasteiger charge is -2.30. The molecular weight excluding hydrogens is 308 g/mol. The molecule has 6 nitrogen and oxygen atoms in total. The van der Waals surface area contributed by atoms with Gasteiger partial charge in [0, 0.05) is 32.5 Å². The van der Waals surface area contributed by atoms with E-state index >= 15 is 0 Å². The fourth-order valence-corrected chi connectivity index (χ4v) is 3.00. The highest BCUT2D eigenvalue weighted by molar-refractivity contribution is 5.79. The summed E-state index contributed by atoms with van der Waals surface area (Å²) in [6.07, 6.45) is 1.44. The smallest absolute Gasteiger partial charge is 0.223 e. The number of methoxy groups -OCH3 is 2. The monoisotopic (exact) mass is 334 g/mol. The summed E-state index contributed by atoms with van der Waals surface area (Å²) in [5.41, 5.74) is 2.04. The van der Waals surface area contributed by atoms with Gasteiger partial charge in [0.25, 0.3) is 0 Å². The van der Waals surface area contributed by atoms with Crippen molar-refractivity contribution < 1.29 is 19.1 Å². The fraction of sp³-hybridized carbons (Fsp3) is 0.556. The Kier molecular flexibility index (Phi) is 6.06. The Morgan fingerprint density at radius 2 is 1.75 bits per heavy atom. The molecule has 0 aromatic heterocycles. The zero-order chi connectivity index (χ0) is 17.7. The molecule has 1 heterocycles. The van der Waals surface area contributed by atoms with Crippen LogP contribution in [0.4, 0.5) is 0 Å². The summed E-state index contributed by atoms with van der Waals surface area (Å²) in [5.74, 6) is 1.44. The largest absolute Gasteiger partial charge is 0.493 e. The molecule has 0 bridgehead atoms. The van der Waals surface area contributed by atoms with Gasteiger partial charge in [0.1, 0.15) is 0 Å². The fourth-order valence-electron chi connectivity index (χ4n) is 3.00. The minimum absolute atomic E-state index is 0.0268. The van der Waals surface area contributed by atoms with Gasteiger partial charge in [0.15, 0.2) is 11.5 Å². The highest BCUT2D eigenvalue weighted by Gasteiger charge is 2.25. The van der Waals surface area contributed by atoms with Crippen LogP contribution in [0.3, 0.4) is 0 Å². The van der Waals surface area contributed by atoms with Gasteiger partial charge in [0.2, 0.25) is 11.8 Å². The third-order valence-corrected chi connectivity index (χ3v) is 4.61. The molecular formula is C18H26N2O4. The number of nitrogens with one attached hydrogen (secondary N) is 1. The molecule has 1 fully saturated rings. The van der Waals surface area contributed by atoms with Crippen LogP contribution in [0, 0.1) is 12.8 Å². The molecule has 1 N–H and O–H groups in total. The van der Waals surface area contributed by atoms with Crippen molar-refractivity contribution in [3.8, 4) is 11.5 Å². The van der Waals surface area contributed by atoms with E-state index in [1.165, 1.54) is 0 Å². The van der Waals surface area contributed by atoms with Crippen molar-refractivity contribution in [2.75, 3.05) is 27.3 Å². The number of ether oxygens (including phenoxy) is 2. The van der Waals surface area contributed by atoms with Crippen LogP contribution in [-0.4, -0.2) is 44.0 Å². The third-order valence-electron chi connectivity index (χ3n) is 4.61. The molecule has 0 atom stereocenters. The lowest BCUT2D eigenvalue weighted by molar-refractivity contribution is -0.134. The molecule has 1 aromatic carbocycles. The maximum atomic E-state index is 12.4. The topological polar surface area (TPSA) is 67.9 Å². The van der Waals surface area contributed by atoms with Gasteiger partial charge in [-0.1, -0.05) is 0 Å². The number of carbonyl (C=O) groups is 2. The Morgan fingerprint density at radius 1 is 1.17 bits per heavy atom. The van der Waals surface area contributed by atoms with E-state index in [0.717, 1.165) is 24.0 Å². The number of piperidine rings is 1. The summed E-state index contributed by atoms with van der Waals surface area (Å²) in [6.45, 7) is 5.32. The van der Waals surface area contributed by atoms with E-state index in [1.54, 1.807) is 26.0 Å². The van der Waals surface area contributed by atoms with Gasteiger partial charge in [0.05, 0.1) is 14.2 Å². The van der Waals surface area contributed by atoms with Crippen LogP contribution in [0.5, 0.6) is 11.5 Å². The van der Waals surface area contributed by atoms with Crippen LogP contribution in [0.1, 0.15) is 30.9 Å². The molecule has 132 valence electrons. The Balaban J connectivity index is 1.94. The number of hydrogen-bond acceptors (Lipinski definition) is 4. The summed E-state index contributed by atoms with van der Waals surface area (Å²) >= 11 is 0. The van der Waals surface area contributed by atoms with Gasteiger partial charge in [-0.15, -0.1) is 0 Å². The molecule has 6 heteroatoms. The molecule has 0 aliphatic carbocycles. The molecule has 0 saturated carbocycles. The summed E-state index contributed by atoms with van der Waals surface area (Å²) < 4.78 is 10.6. The van der Waals surface area contributed by atoms with Crippen molar-refractivity contribution in [1.29, 1.82) is 0 Å². The maximum Gasteiger partial charge on any atom is 0.223 e. The van der Waals surface area contributed by atoms with Gasteiger partial charge in [-0.2, -0.15) is 0 Å². The van der Waals surface area contributed by atoms with Crippen molar-refractivity contribution in [2.24, 2.45) is 5.92 Å². The highest BCUT2D eigenvalue weighted by Crippen LogP contribution is 2.30. The van der Waals surface area contributed by atoms with Crippen LogP contribution >= 0.6 is 0 Å². The van der Waals surface area contributed by atoms with E-state index in [1.807, 2.05) is 19.1 Å². The van der Waals surface area contributed by atoms with E-state index in [-0.39, 0.29) is 17.7 Å². The number of benzene rings is 1. The average molecular weight is 334 g/mol. The second-order valence-corrected chi connectivity index (χ2v) is 6.13. The Hall–Kier alpha value is -2.24. The van der Waals surface area contributed by atoms with E-state index in [0.29, 0.717) is 31.1 Å². The van der Waals surface area contributed by atoms with Crippen LogP contribution in [-0.2, 0) is 16.1 Å². The number of rotatable bonds is 5. The Labute approximate surface area is 143 Å². The van der Waals surface area contributed by atoms with Crippen LogP contribution in [0.15, 0.2) is 12.1 Å². The zero-order valence-corrected chi connectivity index (χ0v) is 14.8. The van der Waals surface area contributed by atoms with Crippen LogP contribution in [0.25, 0.3) is 0 Å². The van der Waals surface area contributed by atoms with Crippen molar-refractivity contribution in [2.45, 2.75) is 33.2 Å². The van der Waals surface area contributed by atoms with E-state index in [9.17, 15) is 9.59 Å². The zero-order valence-electron chi connectivity index (χ0n) is 14.8. The summed E-state index contributed by atoms with van der Waals surface area (Å²) in [5, 5.41) is 3.00. The van der Waals surface area contributed by atoms with Crippen LogP contribution < -0.4 is 14.8 Å². The molecule has 2 rings (SSSR count). The van der Waals surface area contributed by atoms with Crippen molar-refractivity contribution in [3.63, 3.8) is 0 Å². The molecule has 0 unspecified atom stereocenters. The lowest BCUT2D eigenvalue weighted by atomic mass is 9.95. The molecule has 0 spiro atoms. The number of hydrogen-bond donors (Lipinski definition) is 1. The van der Waals surface area contributed by atoms with E-state index in [2.05, 4.69) is 5.32 Å². The Morgan fingerprint density at radius 3 is 2.29 bits per heavy atom. The number of nitrogens with zero attached hydrogens (tertiary/aromatic N) is 1. The number of amides is 2. The molecule has 2 amide bonds. The minimum Gasteiger partial charge on any atom is -0.493 e. The molecule has 1 saturated heterocycles. The first-order valence-electron chi connectivity index (χ1n) is 8.21. The first-order valence-corrected chi connectivity index (χ1v) is 8.21. The normalized spacial score (nSPS) is 15.1. The molecule has 24 heavy (non-hydrogen) atoms. The quantitative estimate of drug-likeness (QED) is 0.893. The second kappa shape index (κ2) is 8.04. The van der Waals surface area contributed by atoms with Crippen molar-refractivity contribution in [1.82, 2.24) is 10.2 Å². The van der Waals surface area contributed by atoms with Gasteiger partial charge in [-0.05, 0) is 43.0 Å². The Bertz CT molecular complexity index is 607. The van der Waals surface area contributed by atoms with E-state index in [4.69, 9.17) is 9.47 Å². The molecule has 1 aliphatic heterocycles. The predicted molar refractivity (Wildman–Crippen MR) is 91.1 cm³/mol. The van der Waals surface area contributed by atoms with Gasteiger partial charge in [-0.3, -0.25) is 9.59 Å². The van der Waals surface area contributed by atoms with Gasteiger partial charge >= 0.3 is 0 Å². The molecule has 0 radical (unpaired) electrons. The first kappa shape index (κ1) is 18.1. The average Bonchev–Trinajstić information content (AvgIpc) is 2.60. The maximum absolute atomic E-state index is 12.4. The number of aryl methyl sites for hydroxylation is 1. The predicted octanol–water partition coefficient (Wildman–Crippen LogP) is 1.89. The lowest BCUT2D eigenvalue weighted by Crippen LogP contribution is -2.42. The minimum atomic E-state index is -0.0268. The van der Waals surface area contributed by atoms with Crippen molar-refractivity contribution >= 4 is 11.8 Å². The third kappa shape index (κ3) is 4.19. The number of carbonyl (C=O) groups excluding carboxylic acids is 2. The van der Waals surface area contributed by atoms with Gasteiger partial charge in [-0.25, -0.2) is 0 Å². The van der Waals surface area contributed by atoms with Gasteiger partial charge < -0.3 is 19.7 Å². The highest BCUT2D eigenvalue weighted by atomic mass is 16.5. The van der Waals surface area contributed by atoms with Crippen molar-refractivity contribution in [3.05, 3.63) is 23.3 Å². The standard InChI is InChI=1S/C18H26N2O4/c1-12-9-16(23-3)17(24-4)10-15(12)11-19-18(22)14-5-7-20(8-6-14)13(2)21/h9-10,14H,5-8,11H2,1-4H3,(H,19,22). The molecule has 1 aromatic rings. The van der Waals surface area contributed by atoms with E-state index < -0.39 is 0 Å².